The van der Waals surface area contributed by atoms with Crippen LogP contribution in [0.15, 0.2) is 81.3 Å². The Morgan fingerprint density at radius 1 is 0.912 bits per heavy atom. The Kier molecular flexibility index (Phi) is 6.30. The van der Waals surface area contributed by atoms with Crippen LogP contribution in [0.5, 0.6) is 5.75 Å². The van der Waals surface area contributed by atoms with E-state index in [1.54, 1.807) is 53.1 Å². The Hall–Kier alpha value is -3.85. The number of aromatic nitrogens is 2. The average Bonchev–Trinajstić information content (AvgIpc) is 3.13. The van der Waals surface area contributed by atoms with Gasteiger partial charge < -0.3 is 10.1 Å². The van der Waals surface area contributed by atoms with Crippen molar-refractivity contribution in [1.82, 2.24) is 9.13 Å². The molecule has 176 valence electrons. The number of aryl methyl sites for hydroxylation is 2. The molecule has 34 heavy (non-hydrogen) atoms. The minimum atomic E-state index is -3.99. The van der Waals surface area contributed by atoms with Gasteiger partial charge in [0.1, 0.15) is 5.75 Å². The molecule has 3 aromatic carbocycles. The molecule has 0 aliphatic carbocycles. The van der Waals surface area contributed by atoms with Crippen LogP contribution in [0.3, 0.4) is 0 Å². The second-order valence-electron chi connectivity index (χ2n) is 7.61. The molecule has 0 unspecified atom stereocenters. The number of rotatable bonds is 7. The molecule has 0 fully saturated rings. The van der Waals surface area contributed by atoms with E-state index in [0.29, 0.717) is 35.4 Å². The number of benzene rings is 3. The van der Waals surface area contributed by atoms with Gasteiger partial charge in [-0.05, 0) is 62.4 Å². The van der Waals surface area contributed by atoms with Gasteiger partial charge >= 0.3 is 5.69 Å². The van der Waals surface area contributed by atoms with Crippen LogP contribution in [0.4, 0.5) is 5.69 Å². The van der Waals surface area contributed by atoms with Crippen molar-refractivity contribution in [2.45, 2.75) is 36.7 Å². The van der Waals surface area contributed by atoms with Crippen molar-refractivity contribution >= 4 is 32.5 Å². The molecule has 0 saturated carbocycles. The molecule has 0 atom stereocenters. The maximum atomic E-state index is 13.6. The van der Waals surface area contributed by atoms with Crippen molar-refractivity contribution in [3.63, 3.8) is 0 Å². The van der Waals surface area contributed by atoms with E-state index >= 15 is 0 Å². The fraction of sp³-hybridized carbons (Fsp3) is 0.200. The fourth-order valence-corrected chi connectivity index (χ4v) is 5.37. The molecule has 0 aliphatic rings. The number of methoxy groups -OCH3 is 1. The standard InChI is InChI=1S/C25H25N3O5S/c1-4-27-21-15-20(26-24(29)17-11-13-18(33-3)14-12-17)23(16-22(21)28(5-2)25(27)30)34(31,32)19-9-7-6-8-10-19/h6-16H,4-5H2,1-3H3,(H,26,29). The number of carbonyl (C=O) groups excluding carboxylic acids is 1. The van der Waals surface area contributed by atoms with E-state index in [4.69, 9.17) is 4.74 Å². The molecule has 1 amide bonds. The lowest BCUT2D eigenvalue weighted by atomic mass is 10.2. The number of amides is 1. The van der Waals surface area contributed by atoms with E-state index in [1.807, 2.05) is 13.8 Å². The molecule has 0 bridgehead atoms. The van der Waals surface area contributed by atoms with Gasteiger partial charge in [0.2, 0.25) is 9.84 Å². The number of fused-ring (bicyclic) bond motifs is 1. The molecule has 0 radical (unpaired) electrons. The van der Waals surface area contributed by atoms with Crippen LogP contribution in [0.25, 0.3) is 11.0 Å². The summed E-state index contributed by atoms with van der Waals surface area (Å²) in [6.07, 6.45) is 0. The number of carbonyl (C=O) groups is 1. The van der Waals surface area contributed by atoms with Gasteiger partial charge in [-0.3, -0.25) is 13.9 Å². The smallest absolute Gasteiger partial charge is 0.329 e. The molecule has 0 saturated heterocycles. The third-order valence-electron chi connectivity index (χ3n) is 5.70. The first kappa shape index (κ1) is 23.3. The van der Waals surface area contributed by atoms with Crippen LogP contribution in [0.2, 0.25) is 0 Å². The molecular weight excluding hydrogens is 454 g/mol. The zero-order chi connectivity index (χ0) is 24.5. The lowest BCUT2D eigenvalue weighted by Crippen LogP contribution is -2.23. The summed E-state index contributed by atoms with van der Waals surface area (Å²) < 4.78 is 35.4. The third-order valence-corrected chi connectivity index (χ3v) is 7.51. The minimum absolute atomic E-state index is 0.0801. The van der Waals surface area contributed by atoms with E-state index in [9.17, 15) is 18.0 Å². The summed E-state index contributed by atoms with van der Waals surface area (Å²) in [7, 11) is -2.47. The van der Waals surface area contributed by atoms with Gasteiger partial charge in [0.25, 0.3) is 5.91 Å². The van der Waals surface area contributed by atoms with Crippen molar-refractivity contribution < 1.29 is 17.9 Å². The Bertz CT molecular complexity index is 1520. The number of anilines is 1. The van der Waals surface area contributed by atoms with Crippen molar-refractivity contribution in [1.29, 1.82) is 0 Å². The molecule has 1 heterocycles. The molecule has 0 aliphatic heterocycles. The highest BCUT2D eigenvalue weighted by atomic mass is 32.2. The molecule has 1 N–H and O–H groups in total. The Balaban J connectivity index is 1.93. The first-order valence-electron chi connectivity index (χ1n) is 10.8. The molecule has 4 aromatic rings. The summed E-state index contributed by atoms with van der Waals surface area (Å²) in [6, 6.07) is 17.5. The Morgan fingerprint density at radius 2 is 1.50 bits per heavy atom. The van der Waals surface area contributed by atoms with Gasteiger partial charge in [-0.2, -0.15) is 0 Å². The number of sulfone groups is 1. The summed E-state index contributed by atoms with van der Waals surface area (Å²) in [4.78, 5) is 25.9. The lowest BCUT2D eigenvalue weighted by molar-refractivity contribution is 0.102. The molecular formula is C25H25N3O5S. The summed E-state index contributed by atoms with van der Waals surface area (Å²) in [5.41, 5.74) is 1.25. The van der Waals surface area contributed by atoms with E-state index in [0.717, 1.165) is 0 Å². The Labute approximate surface area is 197 Å². The maximum Gasteiger partial charge on any atom is 0.329 e. The predicted octanol–water partition coefficient (Wildman–Crippen LogP) is 3.94. The molecule has 8 nitrogen and oxygen atoms in total. The van der Waals surface area contributed by atoms with Gasteiger partial charge in [0, 0.05) is 18.7 Å². The lowest BCUT2D eigenvalue weighted by Gasteiger charge is -2.14. The third kappa shape index (κ3) is 3.99. The summed E-state index contributed by atoms with van der Waals surface area (Å²) in [5, 5.41) is 2.75. The topological polar surface area (TPSA) is 99.4 Å². The summed E-state index contributed by atoms with van der Waals surface area (Å²) in [5.74, 6) is 0.116. The largest absolute Gasteiger partial charge is 0.497 e. The maximum absolute atomic E-state index is 13.6. The SMILES string of the molecule is CCn1c(=O)n(CC)c2cc(S(=O)(=O)c3ccccc3)c(NC(=O)c3ccc(OC)cc3)cc21. The number of hydrogen-bond acceptors (Lipinski definition) is 5. The number of nitrogens with one attached hydrogen (secondary N) is 1. The quantitative estimate of drug-likeness (QED) is 0.433. The van der Waals surface area contributed by atoms with Gasteiger partial charge in [0.15, 0.2) is 0 Å². The Morgan fingerprint density at radius 3 is 2.06 bits per heavy atom. The minimum Gasteiger partial charge on any atom is -0.497 e. The second kappa shape index (κ2) is 9.18. The first-order valence-corrected chi connectivity index (χ1v) is 12.3. The number of ether oxygens (including phenoxy) is 1. The van der Waals surface area contributed by atoms with Crippen LogP contribution >= 0.6 is 0 Å². The van der Waals surface area contributed by atoms with E-state index in [1.165, 1.54) is 29.9 Å². The van der Waals surface area contributed by atoms with Crippen LogP contribution < -0.4 is 15.7 Å². The number of nitrogens with zero attached hydrogens (tertiary/aromatic N) is 2. The van der Waals surface area contributed by atoms with Crippen molar-refractivity contribution in [2.75, 3.05) is 12.4 Å². The number of imidazole rings is 1. The van der Waals surface area contributed by atoms with Crippen molar-refractivity contribution in [3.8, 4) is 5.75 Å². The molecule has 1 aromatic heterocycles. The summed E-state index contributed by atoms with van der Waals surface area (Å²) in [6.45, 7) is 4.44. The van der Waals surface area contributed by atoms with Gasteiger partial charge in [-0.15, -0.1) is 0 Å². The van der Waals surface area contributed by atoms with Crippen LogP contribution in [0, 0.1) is 0 Å². The highest BCUT2D eigenvalue weighted by molar-refractivity contribution is 7.91. The fourth-order valence-electron chi connectivity index (χ4n) is 3.94. The highest BCUT2D eigenvalue weighted by Gasteiger charge is 2.26. The van der Waals surface area contributed by atoms with Crippen LogP contribution in [0.1, 0.15) is 24.2 Å². The van der Waals surface area contributed by atoms with Crippen molar-refractivity contribution in [3.05, 3.63) is 82.8 Å². The van der Waals surface area contributed by atoms with Gasteiger partial charge in [-0.1, -0.05) is 18.2 Å². The number of hydrogen-bond donors (Lipinski definition) is 1. The second-order valence-corrected chi connectivity index (χ2v) is 9.53. The monoisotopic (exact) mass is 479 g/mol. The van der Waals surface area contributed by atoms with E-state index in [-0.39, 0.29) is 21.2 Å². The van der Waals surface area contributed by atoms with Crippen molar-refractivity contribution in [2.24, 2.45) is 0 Å². The molecule has 0 spiro atoms. The molecule has 9 heteroatoms. The average molecular weight is 480 g/mol. The van der Waals surface area contributed by atoms with E-state index < -0.39 is 15.7 Å². The summed E-state index contributed by atoms with van der Waals surface area (Å²) >= 11 is 0. The molecule has 4 rings (SSSR count). The normalized spacial score (nSPS) is 11.5. The van der Waals surface area contributed by atoms with E-state index in [2.05, 4.69) is 5.32 Å². The van der Waals surface area contributed by atoms with Gasteiger partial charge in [0.05, 0.1) is 33.6 Å². The first-order chi connectivity index (χ1) is 16.3. The highest BCUT2D eigenvalue weighted by Crippen LogP contribution is 2.32. The van der Waals surface area contributed by atoms with Gasteiger partial charge in [-0.25, -0.2) is 13.2 Å². The zero-order valence-electron chi connectivity index (χ0n) is 19.1. The van der Waals surface area contributed by atoms with Crippen LogP contribution in [-0.4, -0.2) is 30.6 Å². The zero-order valence-corrected chi connectivity index (χ0v) is 19.9. The van der Waals surface area contributed by atoms with Crippen LogP contribution in [-0.2, 0) is 22.9 Å². The predicted molar refractivity (Wildman–Crippen MR) is 130 cm³/mol.